The standard InChI is InChI=1S/C15H15N3O5S/c1-8-3-18-10(19)2-9(16-13(18)24-8)4-17-6-14(11(20)21)5-15(14,7-17)12(22)23/h2-3H,4-7H2,1H3,(H,20,21)(H,22,23)/t14-,15+. The number of hydrogen-bond acceptors (Lipinski definition) is 6. The summed E-state index contributed by atoms with van der Waals surface area (Å²) >= 11 is 1.40. The van der Waals surface area contributed by atoms with Crippen LogP contribution in [0.25, 0.3) is 4.96 Å². The van der Waals surface area contributed by atoms with Crippen LogP contribution in [-0.2, 0) is 16.1 Å². The molecule has 2 fully saturated rings. The molecular weight excluding hydrogens is 334 g/mol. The van der Waals surface area contributed by atoms with E-state index in [0.29, 0.717) is 10.7 Å². The minimum absolute atomic E-state index is 0.166. The number of likely N-dealkylation sites (tertiary alicyclic amines) is 1. The van der Waals surface area contributed by atoms with Crippen molar-refractivity contribution in [2.75, 3.05) is 13.1 Å². The molecule has 0 bridgehead atoms. The number of nitrogens with zero attached hydrogens (tertiary/aromatic N) is 3. The van der Waals surface area contributed by atoms with E-state index >= 15 is 0 Å². The van der Waals surface area contributed by atoms with Gasteiger partial charge in [0.15, 0.2) is 4.96 Å². The van der Waals surface area contributed by atoms with Gasteiger partial charge in [0.25, 0.3) is 5.56 Å². The fourth-order valence-corrected chi connectivity index (χ4v) is 4.73. The Morgan fingerprint density at radius 3 is 2.50 bits per heavy atom. The van der Waals surface area contributed by atoms with Gasteiger partial charge in [0.1, 0.15) is 0 Å². The summed E-state index contributed by atoms with van der Waals surface area (Å²) in [4.78, 5) is 43.0. The first-order valence-corrected chi connectivity index (χ1v) is 8.27. The number of rotatable bonds is 4. The van der Waals surface area contributed by atoms with E-state index in [1.165, 1.54) is 21.8 Å². The second-order valence-electron chi connectivity index (χ2n) is 6.68. The number of fused-ring (bicyclic) bond motifs is 2. The average molecular weight is 349 g/mol. The largest absolute Gasteiger partial charge is 0.481 e. The Morgan fingerprint density at radius 2 is 1.92 bits per heavy atom. The zero-order valence-electron chi connectivity index (χ0n) is 12.9. The van der Waals surface area contributed by atoms with Gasteiger partial charge in [-0.1, -0.05) is 0 Å². The Kier molecular flexibility index (Phi) is 2.95. The lowest BCUT2D eigenvalue weighted by molar-refractivity contribution is -0.151. The average Bonchev–Trinajstić information content (AvgIpc) is 2.81. The van der Waals surface area contributed by atoms with E-state index in [0.717, 1.165) is 4.88 Å². The Morgan fingerprint density at radius 1 is 1.29 bits per heavy atom. The van der Waals surface area contributed by atoms with Crippen LogP contribution in [-0.4, -0.2) is 49.5 Å². The van der Waals surface area contributed by atoms with Crippen LogP contribution >= 0.6 is 11.3 Å². The van der Waals surface area contributed by atoms with Crippen molar-refractivity contribution in [3.8, 4) is 0 Å². The van der Waals surface area contributed by atoms with Gasteiger partial charge in [0.2, 0.25) is 0 Å². The van der Waals surface area contributed by atoms with Crippen molar-refractivity contribution < 1.29 is 19.8 Å². The van der Waals surface area contributed by atoms with Crippen molar-refractivity contribution in [2.45, 2.75) is 19.9 Å². The summed E-state index contributed by atoms with van der Waals surface area (Å²) in [6.07, 6.45) is 1.89. The van der Waals surface area contributed by atoms with E-state index in [1.807, 2.05) is 6.92 Å². The minimum Gasteiger partial charge on any atom is -0.481 e. The van der Waals surface area contributed by atoms with E-state index in [9.17, 15) is 24.6 Å². The van der Waals surface area contributed by atoms with Crippen molar-refractivity contribution in [1.82, 2.24) is 14.3 Å². The second kappa shape index (κ2) is 4.64. The molecule has 1 saturated heterocycles. The summed E-state index contributed by atoms with van der Waals surface area (Å²) in [6.45, 7) is 2.49. The molecule has 0 spiro atoms. The van der Waals surface area contributed by atoms with E-state index in [2.05, 4.69) is 4.98 Å². The van der Waals surface area contributed by atoms with Crippen LogP contribution in [0.1, 0.15) is 17.0 Å². The SMILES string of the molecule is Cc1cn2c(=O)cc(CN3C[C@@]4(C(=O)O)C[C@@]4(C(=O)O)C3)nc2s1. The molecule has 0 amide bonds. The molecule has 2 atom stereocenters. The fraction of sp³-hybridized carbons (Fsp3) is 0.467. The molecule has 126 valence electrons. The van der Waals surface area contributed by atoms with Crippen molar-refractivity contribution in [3.63, 3.8) is 0 Å². The zero-order chi connectivity index (χ0) is 17.3. The summed E-state index contributed by atoms with van der Waals surface area (Å²) in [6, 6.07) is 1.42. The highest BCUT2D eigenvalue weighted by molar-refractivity contribution is 7.16. The predicted octanol–water partition coefficient (Wildman–Crippen LogP) is 0.426. The van der Waals surface area contributed by atoms with Gasteiger partial charge in [-0.15, -0.1) is 11.3 Å². The monoisotopic (exact) mass is 349 g/mol. The van der Waals surface area contributed by atoms with Gasteiger partial charge >= 0.3 is 11.9 Å². The lowest BCUT2D eigenvalue weighted by Crippen LogP contribution is -2.29. The van der Waals surface area contributed by atoms with Gasteiger partial charge in [-0.3, -0.25) is 23.7 Å². The highest BCUT2D eigenvalue weighted by Crippen LogP contribution is 2.68. The molecule has 0 unspecified atom stereocenters. The molecular formula is C15H15N3O5S. The molecule has 9 heteroatoms. The van der Waals surface area contributed by atoms with E-state index < -0.39 is 22.8 Å². The molecule has 1 aliphatic carbocycles. The van der Waals surface area contributed by atoms with E-state index in [4.69, 9.17) is 0 Å². The van der Waals surface area contributed by atoms with E-state index in [-0.39, 0.29) is 31.6 Å². The number of hydrogen-bond donors (Lipinski definition) is 2. The van der Waals surface area contributed by atoms with E-state index in [1.54, 1.807) is 11.1 Å². The van der Waals surface area contributed by atoms with Crippen LogP contribution in [0, 0.1) is 17.8 Å². The molecule has 3 heterocycles. The lowest BCUT2D eigenvalue weighted by atomic mass is 9.97. The van der Waals surface area contributed by atoms with Gasteiger partial charge in [-0.2, -0.15) is 0 Å². The number of carbonyl (C=O) groups is 2. The lowest BCUT2D eigenvalue weighted by Gasteiger charge is -2.18. The minimum atomic E-state index is -1.21. The normalized spacial score (nSPS) is 28.9. The topological polar surface area (TPSA) is 112 Å². The molecule has 8 nitrogen and oxygen atoms in total. The summed E-state index contributed by atoms with van der Waals surface area (Å²) in [7, 11) is 0. The number of thiazole rings is 1. The summed E-state index contributed by atoms with van der Waals surface area (Å²) in [5, 5.41) is 18.9. The quantitative estimate of drug-likeness (QED) is 0.823. The third-order valence-electron chi connectivity index (χ3n) is 5.12. The number of aryl methyl sites for hydroxylation is 1. The summed E-state index contributed by atoms with van der Waals surface area (Å²) < 4.78 is 1.47. The summed E-state index contributed by atoms with van der Waals surface area (Å²) in [5.74, 6) is -2.13. The van der Waals surface area contributed by atoms with Crippen LogP contribution in [0.3, 0.4) is 0 Å². The van der Waals surface area contributed by atoms with Gasteiger partial charge in [0, 0.05) is 36.8 Å². The maximum Gasteiger partial charge on any atom is 0.312 e. The van der Waals surface area contributed by atoms with Crippen LogP contribution in [0.15, 0.2) is 17.1 Å². The number of aromatic nitrogens is 2. The van der Waals surface area contributed by atoms with Crippen molar-refractivity contribution in [3.05, 3.63) is 33.2 Å². The number of aliphatic carboxylic acids is 2. The Hall–Kier alpha value is -2.26. The van der Waals surface area contributed by atoms with Crippen LogP contribution < -0.4 is 5.56 Å². The number of carboxylic acid groups (broad SMARTS) is 2. The van der Waals surface area contributed by atoms with Crippen molar-refractivity contribution in [2.24, 2.45) is 10.8 Å². The maximum atomic E-state index is 12.1. The van der Waals surface area contributed by atoms with Gasteiger partial charge in [-0.25, -0.2) is 4.98 Å². The van der Waals surface area contributed by atoms with Crippen LogP contribution in [0.5, 0.6) is 0 Å². The highest BCUT2D eigenvalue weighted by atomic mass is 32.1. The van der Waals surface area contributed by atoms with Gasteiger partial charge in [-0.05, 0) is 13.3 Å². The number of piperidine rings is 1. The van der Waals surface area contributed by atoms with Crippen LogP contribution in [0.4, 0.5) is 0 Å². The first-order valence-electron chi connectivity index (χ1n) is 7.45. The molecule has 2 N–H and O–H groups in total. The predicted molar refractivity (Wildman–Crippen MR) is 84.1 cm³/mol. The molecule has 1 saturated carbocycles. The van der Waals surface area contributed by atoms with Crippen molar-refractivity contribution in [1.29, 1.82) is 0 Å². The summed E-state index contributed by atoms with van der Waals surface area (Å²) in [5.41, 5.74) is -2.08. The third-order valence-corrected chi connectivity index (χ3v) is 6.02. The first kappa shape index (κ1) is 15.3. The Balaban J connectivity index is 1.62. The highest BCUT2D eigenvalue weighted by Gasteiger charge is 2.80. The molecule has 4 rings (SSSR count). The third kappa shape index (κ3) is 1.88. The van der Waals surface area contributed by atoms with Gasteiger partial charge in [0.05, 0.1) is 16.5 Å². The Bertz CT molecular complexity index is 922. The zero-order valence-corrected chi connectivity index (χ0v) is 13.7. The molecule has 2 aliphatic rings. The van der Waals surface area contributed by atoms with Crippen molar-refractivity contribution >= 4 is 28.2 Å². The smallest absolute Gasteiger partial charge is 0.312 e. The molecule has 2 aromatic heterocycles. The second-order valence-corrected chi connectivity index (χ2v) is 7.89. The fourth-order valence-electron chi connectivity index (χ4n) is 3.88. The maximum absolute atomic E-state index is 12.1. The van der Waals surface area contributed by atoms with Gasteiger partial charge < -0.3 is 10.2 Å². The number of carboxylic acids is 2. The Labute approximate surface area is 140 Å². The molecule has 24 heavy (non-hydrogen) atoms. The van der Waals surface area contributed by atoms with Crippen LogP contribution in [0.2, 0.25) is 0 Å². The molecule has 0 radical (unpaired) electrons. The first-order chi connectivity index (χ1) is 11.3. The molecule has 0 aromatic carbocycles. The molecule has 1 aliphatic heterocycles. The molecule has 2 aromatic rings.